The highest BCUT2D eigenvalue weighted by molar-refractivity contribution is 9.10. The van der Waals surface area contributed by atoms with Gasteiger partial charge in [0.05, 0.1) is 4.32 Å². The molecule has 0 aromatic heterocycles. The van der Waals surface area contributed by atoms with Gasteiger partial charge in [0.1, 0.15) is 0 Å². The number of hydrogen-bond acceptors (Lipinski definition) is 1. The Hall–Kier alpha value is -0.0500. The Labute approximate surface area is 77.1 Å². The molecular formula is C8H16BrNO. The van der Waals surface area contributed by atoms with E-state index in [1.165, 1.54) is 0 Å². The van der Waals surface area contributed by atoms with Crippen molar-refractivity contribution in [3.8, 4) is 0 Å². The Balaban J connectivity index is 4.26. The molecule has 0 aliphatic heterocycles. The maximum atomic E-state index is 11.5. The van der Waals surface area contributed by atoms with Crippen LogP contribution in [0.4, 0.5) is 0 Å². The second-order valence-electron chi connectivity index (χ2n) is 3.48. The number of carbonyl (C=O) groups excluding carboxylic acids is 1. The molecule has 0 saturated heterocycles. The van der Waals surface area contributed by atoms with Crippen LogP contribution in [-0.4, -0.2) is 28.2 Å². The maximum absolute atomic E-state index is 11.5. The van der Waals surface area contributed by atoms with Gasteiger partial charge in [-0.25, -0.2) is 0 Å². The largest absolute Gasteiger partial charge is 0.342 e. The van der Waals surface area contributed by atoms with Gasteiger partial charge in [0.15, 0.2) is 0 Å². The smallest absolute Gasteiger partial charge is 0.238 e. The summed E-state index contributed by atoms with van der Waals surface area (Å²) in [6.07, 6.45) is 0. The van der Waals surface area contributed by atoms with Gasteiger partial charge in [0.25, 0.3) is 0 Å². The van der Waals surface area contributed by atoms with E-state index >= 15 is 0 Å². The molecule has 0 rings (SSSR count). The number of rotatable bonds is 2. The first-order valence-corrected chi connectivity index (χ1v) is 4.52. The number of halogens is 1. The van der Waals surface area contributed by atoms with Crippen molar-refractivity contribution < 1.29 is 4.79 Å². The molecule has 0 unspecified atom stereocenters. The summed E-state index contributed by atoms with van der Waals surface area (Å²) in [5.41, 5.74) is 0. The minimum Gasteiger partial charge on any atom is -0.342 e. The van der Waals surface area contributed by atoms with Gasteiger partial charge in [-0.2, -0.15) is 0 Å². The Morgan fingerprint density at radius 2 is 1.82 bits per heavy atom. The SMILES string of the molecule is CC(C)N(C)C(=O)C(C)(C)Br. The molecule has 66 valence electrons. The summed E-state index contributed by atoms with van der Waals surface area (Å²) >= 11 is 3.32. The Bertz CT molecular complexity index is 149. The molecule has 0 heterocycles. The fourth-order valence-corrected chi connectivity index (χ4v) is 0.934. The predicted molar refractivity (Wildman–Crippen MR) is 50.9 cm³/mol. The van der Waals surface area contributed by atoms with E-state index in [1.54, 1.807) is 4.90 Å². The second kappa shape index (κ2) is 3.57. The predicted octanol–water partition coefficient (Wildman–Crippen LogP) is 2.03. The van der Waals surface area contributed by atoms with Gasteiger partial charge in [-0.1, -0.05) is 15.9 Å². The van der Waals surface area contributed by atoms with Gasteiger partial charge < -0.3 is 4.90 Å². The Morgan fingerprint density at radius 3 is 1.91 bits per heavy atom. The molecule has 0 aliphatic rings. The highest BCUT2D eigenvalue weighted by Crippen LogP contribution is 2.19. The van der Waals surface area contributed by atoms with Crippen LogP contribution in [0, 0.1) is 0 Å². The zero-order valence-electron chi connectivity index (χ0n) is 7.81. The van der Waals surface area contributed by atoms with Crippen molar-refractivity contribution in [3.63, 3.8) is 0 Å². The first-order chi connectivity index (χ1) is 4.76. The molecule has 1 amide bonds. The van der Waals surface area contributed by atoms with Gasteiger partial charge in [-0.15, -0.1) is 0 Å². The van der Waals surface area contributed by atoms with E-state index in [9.17, 15) is 4.79 Å². The van der Waals surface area contributed by atoms with Crippen molar-refractivity contribution in [1.29, 1.82) is 0 Å². The highest BCUT2D eigenvalue weighted by Gasteiger charge is 2.27. The monoisotopic (exact) mass is 221 g/mol. The van der Waals surface area contributed by atoms with Gasteiger partial charge in [-0.3, -0.25) is 4.79 Å². The van der Waals surface area contributed by atoms with E-state index in [4.69, 9.17) is 0 Å². The lowest BCUT2D eigenvalue weighted by atomic mass is 10.1. The molecule has 0 aromatic rings. The van der Waals surface area contributed by atoms with Crippen LogP contribution in [-0.2, 0) is 4.79 Å². The molecule has 0 fully saturated rings. The molecule has 0 bridgehead atoms. The number of carbonyl (C=O) groups is 1. The van der Waals surface area contributed by atoms with Crippen LogP contribution < -0.4 is 0 Å². The van der Waals surface area contributed by atoms with Crippen LogP contribution in [0.5, 0.6) is 0 Å². The average Bonchev–Trinajstić information content (AvgIpc) is 1.82. The number of amides is 1. The summed E-state index contributed by atoms with van der Waals surface area (Å²) in [4.78, 5) is 13.2. The number of hydrogen-bond donors (Lipinski definition) is 0. The molecule has 0 N–H and O–H groups in total. The third-order valence-corrected chi connectivity index (χ3v) is 1.94. The normalized spacial score (nSPS) is 11.9. The zero-order valence-corrected chi connectivity index (χ0v) is 9.40. The first-order valence-electron chi connectivity index (χ1n) is 3.73. The second-order valence-corrected chi connectivity index (χ2v) is 5.46. The van der Waals surface area contributed by atoms with Crippen molar-refractivity contribution in [2.45, 2.75) is 38.1 Å². The summed E-state index contributed by atoms with van der Waals surface area (Å²) in [7, 11) is 1.82. The minimum absolute atomic E-state index is 0.118. The van der Waals surface area contributed by atoms with E-state index in [-0.39, 0.29) is 11.9 Å². The topological polar surface area (TPSA) is 20.3 Å². The Morgan fingerprint density at radius 1 is 1.45 bits per heavy atom. The van der Waals surface area contributed by atoms with Crippen LogP contribution >= 0.6 is 15.9 Å². The fourth-order valence-electron chi connectivity index (χ4n) is 0.654. The van der Waals surface area contributed by atoms with E-state index in [0.29, 0.717) is 0 Å². The summed E-state index contributed by atoms with van der Waals surface area (Å²) < 4.78 is -0.438. The van der Waals surface area contributed by atoms with Gasteiger partial charge >= 0.3 is 0 Å². The van der Waals surface area contributed by atoms with Gasteiger partial charge in [-0.05, 0) is 27.7 Å². The minimum atomic E-state index is -0.438. The summed E-state index contributed by atoms with van der Waals surface area (Å²) in [6.45, 7) is 7.70. The lowest BCUT2D eigenvalue weighted by Gasteiger charge is -2.27. The van der Waals surface area contributed by atoms with Crippen molar-refractivity contribution >= 4 is 21.8 Å². The molecule has 0 atom stereocenters. The molecule has 0 spiro atoms. The average molecular weight is 222 g/mol. The fraction of sp³-hybridized carbons (Fsp3) is 0.875. The molecular weight excluding hydrogens is 206 g/mol. The zero-order chi connectivity index (χ0) is 9.23. The summed E-state index contributed by atoms with van der Waals surface area (Å²) in [5.74, 6) is 0.118. The van der Waals surface area contributed by atoms with Crippen molar-refractivity contribution in [2.75, 3.05) is 7.05 Å². The van der Waals surface area contributed by atoms with Crippen molar-refractivity contribution in [2.24, 2.45) is 0 Å². The molecule has 0 saturated carbocycles. The van der Waals surface area contributed by atoms with Crippen molar-refractivity contribution in [3.05, 3.63) is 0 Å². The van der Waals surface area contributed by atoms with E-state index in [1.807, 2.05) is 34.7 Å². The molecule has 11 heavy (non-hydrogen) atoms. The lowest BCUT2D eigenvalue weighted by Crippen LogP contribution is -2.42. The summed E-state index contributed by atoms with van der Waals surface area (Å²) in [6, 6.07) is 0.263. The summed E-state index contributed by atoms with van der Waals surface area (Å²) in [5, 5.41) is 0. The van der Waals surface area contributed by atoms with Gasteiger partial charge in [0, 0.05) is 13.1 Å². The number of nitrogens with zero attached hydrogens (tertiary/aromatic N) is 1. The maximum Gasteiger partial charge on any atom is 0.238 e. The van der Waals surface area contributed by atoms with E-state index in [0.717, 1.165) is 0 Å². The molecule has 3 heteroatoms. The lowest BCUT2D eigenvalue weighted by molar-refractivity contribution is -0.132. The standard InChI is InChI=1S/C8H16BrNO/c1-6(2)10(5)7(11)8(3,4)9/h6H,1-5H3. The van der Waals surface area contributed by atoms with Crippen molar-refractivity contribution in [1.82, 2.24) is 4.90 Å². The van der Waals surface area contributed by atoms with E-state index < -0.39 is 4.32 Å². The van der Waals surface area contributed by atoms with Crippen LogP contribution in [0.15, 0.2) is 0 Å². The van der Waals surface area contributed by atoms with Crippen LogP contribution in [0.25, 0.3) is 0 Å². The van der Waals surface area contributed by atoms with Crippen LogP contribution in [0.3, 0.4) is 0 Å². The Kier molecular flexibility index (Phi) is 3.55. The quantitative estimate of drug-likeness (QED) is 0.654. The van der Waals surface area contributed by atoms with E-state index in [2.05, 4.69) is 15.9 Å². The first kappa shape index (κ1) is 11.0. The third kappa shape index (κ3) is 3.23. The van der Waals surface area contributed by atoms with Crippen LogP contribution in [0.2, 0.25) is 0 Å². The van der Waals surface area contributed by atoms with Crippen LogP contribution in [0.1, 0.15) is 27.7 Å². The molecule has 2 nitrogen and oxygen atoms in total. The highest BCUT2D eigenvalue weighted by atomic mass is 79.9. The number of alkyl halides is 1. The molecule has 0 radical (unpaired) electrons. The van der Waals surface area contributed by atoms with Gasteiger partial charge in [0.2, 0.25) is 5.91 Å². The third-order valence-electron chi connectivity index (χ3n) is 1.60. The molecule has 0 aromatic carbocycles. The molecule has 0 aliphatic carbocycles.